The van der Waals surface area contributed by atoms with E-state index in [1.54, 1.807) is 6.92 Å². The van der Waals surface area contributed by atoms with Crippen LogP contribution >= 0.6 is 0 Å². The van der Waals surface area contributed by atoms with Crippen LogP contribution in [0.2, 0.25) is 0 Å². The molecular formula is C11H23N3O. The maximum absolute atomic E-state index is 11.1. The Kier molecular flexibility index (Phi) is 7.72. The highest BCUT2D eigenvalue weighted by Gasteiger charge is 2.00. The number of amides is 2. The molecule has 0 aliphatic heterocycles. The quantitative estimate of drug-likeness (QED) is 0.630. The minimum absolute atomic E-state index is 0.165. The Hall–Kier alpha value is -1.03. The summed E-state index contributed by atoms with van der Waals surface area (Å²) in [6.45, 7) is 13.5. The number of urea groups is 1. The van der Waals surface area contributed by atoms with Gasteiger partial charge in [0, 0.05) is 12.2 Å². The number of rotatable bonds is 7. The SMILES string of the molecule is C=C(C)NC(=O)NCCCN(CC)CC. The zero-order valence-electron chi connectivity index (χ0n) is 10.1. The van der Waals surface area contributed by atoms with Crippen LogP contribution in [0.15, 0.2) is 12.3 Å². The van der Waals surface area contributed by atoms with Crippen molar-refractivity contribution >= 4 is 6.03 Å². The minimum atomic E-state index is -0.165. The van der Waals surface area contributed by atoms with Crippen molar-refractivity contribution < 1.29 is 4.79 Å². The lowest BCUT2D eigenvalue weighted by Gasteiger charge is -2.17. The molecule has 2 amide bonds. The largest absolute Gasteiger partial charge is 0.338 e. The first-order chi connectivity index (χ1) is 7.10. The molecule has 15 heavy (non-hydrogen) atoms. The van der Waals surface area contributed by atoms with E-state index in [0.717, 1.165) is 26.1 Å². The molecule has 0 bridgehead atoms. The number of hydrogen-bond acceptors (Lipinski definition) is 2. The van der Waals surface area contributed by atoms with Gasteiger partial charge in [-0.25, -0.2) is 4.79 Å². The van der Waals surface area contributed by atoms with E-state index in [2.05, 4.69) is 36.0 Å². The molecule has 88 valence electrons. The summed E-state index contributed by atoms with van der Waals surface area (Å²) in [5.74, 6) is 0. The van der Waals surface area contributed by atoms with Crippen LogP contribution in [0.25, 0.3) is 0 Å². The van der Waals surface area contributed by atoms with E-state index in [1.165, 1.54) is 0 Å². The highest BCUT2D eigenvalue weighted by molar-refractivity contribution is 5.75. The van der Waals surface area contributed by atoms with E-state index < -0.39 is 0 Å². The number of nitrogens with zero attached hydrogens (tertiary/aromatic N) is 1. The summed E-state index contributed by atoms with van der Waals surface area (Å²) in [7, 11) is 0. The van der Waals surface area contributed by atoms with Crippen molar-refractivity contribution in [3.8, 4) is 0 Å². The average Bonchev–Trinajstić information content (AvgIpc) is 2.17. The van der Waals surface area contributed by atoms with Gasteiger partial charge >= 0.3 is 6.03 Å². The molecule has 0 aliphatic rings. The van der Waals surface area contributed by atoms with Crippen molar-refractivity contribution in [3.63, 3.8) is 0 Å². The number of allylic oxidation sites excluding steroid dienone is 1. The Morgan fingerprint density at radius 3 is 2.40 bits per heavy atom. The molecule has 4 heteroatoms. The maximum atomic E-state index is 11.1. The average molecular weight is 213 g/mol. The fraction of sp³-hybridized carbons (Fsp3) is 0.727. The lowest BCUT2D eigenvalue weighted by molar-refractivity contribution is 0.241. The second-order valence-corrected chi connectivity index (χ2v) is 3.54. The molecule has 0 radical (unpaired) electrons. The van der Waals surface area contributed by atoms with E-state index in [-0.39, 0.29) is 6.03 Å². The standard InChI is InChI=1S/C11H23N3O/c1-5-14(6-2)9-7-8-12-11(15)13-10(3)4/h3,5-9H2,1-2,4H3,(H2,12,13,15). The number of hydrogen-bond donors (Lipinski definition) is 2. The molecule has 0 aromatic heterocycles. The van der Waals surface area contributed by atoms with E-state index >= 15 is 0 Å². The van der Waals surface area contributed by atoms with Crippen LogP contribution in [-0.4, -0.2) is 37.1 Å². The third-order valence-electron chi connectivity index (χ3n) is 2.16. The Bertz CT molecular complexity index is 200. The van der Waals surface area contributed by atoms with E-state index in [9.17, 15) is 4.79 Å². The number of carbonyl (C=O) groups is 1. The summed E-state index contributed by atoms with van der Waals surface area (Å²) >= 11 is 0. The van der Waals surface area contributed by atoms with E-state index in [4.69, 9.17) is 0 Å². The van der Waals surface area contributed by atoms with Crippen LogP contribution in [0, 0.1) is 0 Å². The van der Waals surface area contributed by atoms with Gasteiger partial charge in [0.05, 0.1) is 0 Å². The molecule has 0 aromatic carbocycles. The molecule has 2 N–H and O–H groups in total. The van der Waals surface area contributed by atoms with Gasteiger partial charge in [-0.3, -0.25) is 0 Å². The van der Waals surface area contributed by atoms with Gasteiger partial charge in [-0.15, -0.1) is 0 Å². The molecule has 4 nitrogen and oxygen atoms in total. The van der Waals surface area contributed by atoms with E-state index in [1.807, 2.05) is 0 Å². The molecule has 0 aliphatic carbocycles. The lowest BCUT2D eigenvalue weighted by atomic mass is 10.3. The first-order valence-electron chi connectivity index (χ1n) is 5.52. The van der Waals surface area contributed by atoms with Crippen LogP contribution in [0.5, 0.6) is 0 Å². The van der Waals surface area contributed by atoms with Crippen molar-refractivity contribution in [2.75, 3.05) is 26.2 Å². The van der Waals surface area contributed by atoms with Gasteiger partial charge in [-0.05, 0) is 33.0 Å². The van der Waals surface area contributed by atoms with Crippen molar-refractivity contribution in [1.29, 1.82) is 0 Å². The zero-order chi connectivity index (χ0) is 11.7. The molecule has 0 heterocycles. The Balaban J connectivity index is 3.45. The molecular weight excluding hydrogens is 190 g/mol. The monoisotopic (exact) mass is 213 g/mol. The third-order valence-corrected chi connectivity index (χ3v) is 2.16. The third kappa shape index (κ3) is 8.00. The van der Waals surface area contributed by atoms with E-state index in [0.29, 0.717) is 12.2 Å². The predicted molar refractivity (Wildman–Crippen MR) is 63.8 cm³/mol. The van der Waals surface area contributed by atoms with Gasteiger partial charge in [0.25, 0.3) is 0 Å². The first kappa shape index (κ1) is 14.0. The van der Waals surface area contributed by atoms with Crippen LogP contribution in [0.3, 0.4) is 0 Å². The van der Waals surface area contributed by atoms with Gasteiger partial charge in [0.2, 0.25) is 0 Å². The Morgan fingerprint density at radius 2 is 1.93 bits per heavy atom. The summed E-state index contributed by atoms with van der Waals surface area (Å²) in [6, 6.07) is -0.165. The molecule has 0 unspecified atom stereocenters. The molecule has 0 saturated heterocycles. The second-order valence-electron chi connectivity index (χ2n) is 3.54. The predicted octanol–water partition coefficient (Wildman–Crippen LogP) is 1.55. The molecule has 0 saturated carbocycles. The molecule has 0 aromatic rings. The van der Waals surface area contributed by atoms with Gasteiger partial charge in [-0.2, -0.15) is 0 Å². The van der Waals surface area contributed by atoms with Gasteiger partial charge in [-0.1, -0.05) is 20.4 Å². The molecule has 0 atom stereocenters. The molecule has 0 rings (SSSR count). The summed E-state index contributed by atoms with van der Waals surface area (Å²) in [5.41, 5.74) is 0.663. The molecule has 0 fully saturated rings. The summed E-state index contributed by atoms with van der Waals surface area (Å²) in [5, 5.41) is 5.38. The zero-order valence-corrected chi connectivity index (χ0v) is 10.1. The smallest absolute Gasteiger partial charge is 0.318 e. The number of nitrogens with one attached hydrogen (secondary N) is 2. The maximum Gasteiger partial charge on any atom is 0.318 e. The van der Waals surface area contributed by atoms with Crippen LogP contribution in [0.4, 0.5) is 4.79 Å². The van der Waals surface area contributed by atoms with Crippen molar-refractivity contribution in [3.05, 3.63) is 12.3 Å². The highest BCUT2D eigenvalue weighted by atomic mass is 16.2. The summed E-state index contributed by atoms with van der Waals surface area (Å²) in [4.78, 5) is 13.5. The normalized spacial score (nSPS) is 10.1. The summed E-state index contributed by atoms with van der Waals surface area (Å²) in [6.07, 6.45) is 0.977. The highest BCUT2D eigenvalue weighted by Crippen LogP contribution is 1.89. The minimum Gasteiger partial charge on any atom is -0.338 e. The second kappa shape index (κ2) is 8.29. The first-order valence-corrected chi connectivity index (χ1v) is 5.52. The van der Waals surface area contributed by atoms with Gasteiger partial charge in [0.15, 0.2) is 0 Å². The van der Waals surface area contributed by atoms with Gasteiger partial charge < -0.3 is 15.5 Å². The van der Waals surface area contributed by atoms with Crippen molar-refractivity contribution in [1.82, 2.24) is 15.5 Å². The number of carbonyl (C=O) groups excluding carboxylic acids is 1. The lowest BCUT2D eigenvalue weighted by Crippen LogP contribution is -2.36. The van der Waals surface area contributed by atoms with Crippen LogP contribution < -0.4 is 10.6 Å². The summed E-state index contributed by atoms with van der Waals surface area (Å²) < 4.78 is 0. The van der Waals surface area contributed by atoms with Crippen molar-refractivity contribution in [2.45, 2.75) is 27.2 Å². The molecule has 0 spiro atoms. The fourth-order valence-corrected chi connectivity index (χ4v) is 1.28. The van der Waals surface area contributed by atoms with Crippen LogP contribution in [0.1, 0.15) is 27.2 Å². The topological polar surface area (TPSA) is 44.4 Å². The Morgan fingerprint density at radius 1 is 1.33 bits per heavy atom. The fourth-order valence-electron chi connectivity index (χ4n) is 1.28. The van der Waals surface area contributed by atoms with Crippen molar-refractivity contribution in [2.24, 2.45) is 0 Å². The Labute approximate surface area is 92.7 Å². The van der Waals surface area contributed by atoms with Gasteiger partial charge in [0.1, 0.15) is 0 Å². The van der Waals surface area contributed by atoms with Crippen LogP contribution in [-0.2, 0) is 0 Å².